The summed E-state index contributed by atoms with van der Waals surface area (Å²) in [6, 6.07) is 8.72. The fourth-order valence-corrected chi connectivity index (χ4v) is 9.10. The molecule has 0 atom stereocenters. The van der Waals surface area contributed by atoms with E-state index in [0.717, 1.165) is 43.3 Å². The lowest BCUT2D eigenvalue weighted by Crippen LogP contribution is -2.58. The van der Waals surface area contributed by atoms with Crippen LogP contribution in [0.25, 0.3) is 0 Å². The number of benzene rings is 1. The van der Waals surface area contributed by atoms with Crippen LogP contribution >= 0.6 is 0 Å². The fraction of sp³-hybridized carbons (Fsp3) is 0.731. The number of piperidine rings is 1. The molecule has 7 rings (SSSR count). The third kappa shape index (κ3) is 4.04. The van der Waals surface area contributed by atoms with Gasteiger partial charge in [0.05, 0.1) is 12.8 Å². The molecule has 4 saturated carbocycles. The Hall–Kier alpha value is -1.44. The van der Waals surface area contributed by atoms with Crippen molar-refractivity contribution in [3.63, 3.8) is 0 Å². The zero-order chi connectivity index (χ0) is 22.8. The van der Waals surface area contributed by atoms with Crippen molar-refractivity contribution in [2.45, 2.75) is 62.9 Å². The Balaban J connectivity index is 1.10. The Bertz CT molecular complexity index is 1000. The summed E-state index contributed by atoms with van der Waals surface area (Å²) in [5.74, 6) is 3.43. The first-order valence-corrected chi connectivity index (χ1v) is 14.7. The lowest BCUT2D eigenvalue weighted by Gasteiger charge is -2.54. The molecular weight excluding hydrogens is 434 g/mol. The Morgan fingerprint density at radius 1 is 1.03 bits per heavy atom. The first-order valence-electron chi connectivity index (χ1n) is 12.8. The molecule has 180 valence electrons. The summed E-state index contributed by atoms with van der Waals surface area (Å²) in [6.45, 7) is 3.16. The van der Waals surface area contributed by atoms with Gasteiger partial charge in [0.15, 0.2) is 0 Å². The molecule has 7 heteroatoms. The standard InChI is InChI=1S/C26H37N3O3S/c1-33(31,32)29-15-20-4-2-3-5-23(20)26(17-29)6-8-28(9-7-26)16-24(30)27-25-21-11-18-10-19(13-21)14-22(25)12-18/h2-5,18-19,21-22,25H,6-17H2,1H3,(H,27,30). The number of amides is 1. The molecule has 2 heterocycles. The molecule has 0 aromatic heterocycles. The monoisotopic (exact) mass is 471 g/mol. The average molecular weight is 472 g/mol. The van der Waals surface area contributed by atoms with E-state index in [9.17, 15) is 13.2 Å². The van der Waals surface area contributed by atoms with Crippen molar-refractivity contribution < 1.29 is 13.2 Å². The lowest BCUT2D eigenvalue weighted by atomic mass is 9.54. The molecule has 2 aliphatic heterocycles. The lowest BCUT2D eigenvalue weighted by molar-refractivity contribution is -0.126. The van der Waals surface area contributed by atoms with Crippen molar-refractivity contribution in [1.29, 1.82) is 0 Å². The number of carbonyl (C=O) groups is 1. The van der Waals surface area contributed by atoms with Crippen molar-refractivity contribution in [2.24, 2.45) is 23.7 Å². The second-order valence-corrected chi connectivity index (χ2v) is 13.8. The van der Waals surface area contributed by atoms with Crippen molar-refractivity contribution in [3.05, 3.63) is 35.4 Å². The van der Waals surface area contributed by atoms with Gasteiger partial charge in [-0.2, -0.15) is 4.31 Å². The van der Waals surface area contributed by atoms with Crippen LogP contribution in [0, 0.1) is 23.7 Å². The minimum atomic E-state index is -3.25. The summed E-state index contributed by atoms with van der Waals surface area (Å²) in [4.78, 5) is 15.3. The van der Waals surface area contributed by atoms with E-state index in [0.29, 0.717) is 37.5 Å². The molecule has 1 saturated heterocycles. The zero-order valence-corrected chi connectivity index (χ0v) is 20.5. The van der Waals surface area contributed by atoms with E-state index in [1.54, 1.807) is 4.31 Å². The molecule has 6 aliphatic rings. The molecule has 0 unspecified atom stereocenters. The van der Waals surface area contributed by atoms with Crippen molar-refractivity contribution in [1.82, 2.24) is 14.5 Å². The minimum Gasteiger partial charge on any atom is -0.352 e. The molecule has 4 aliphatic carbocycles. The molecule has 5 fully saturated rings. The largest absolute Gasteiger partial charge is 0.352 e. The molecule has 33 heavy (non-hydrogen) atoms. The van der Waals surface area contributed by atoms with Crippen LogP contribution in [-0.4, -0.2) is 62.0 Å². The predicted molar refractivity (Wildman–Crippen MR) is 128 cm³/mol. The molecule has 1 aromatic rings. The minimum absolute atomic E-state index is 0.147. The zero-order valence-electron chi connectivity index (χ0n) is 19.7. The number of hydrogen-bond donors (Lipinski definition) is 1. The van der Waals surface area contributed by atoms with Gasteiger partial charge in [0.25, 0.3) is 0 Å². The van der Waals surface area contributed by atoms with Crippen molar-refractivity contribution in [3.8, 4) is 0 Å². The molecule has 6 nitrogen and oxygen atoms in total. The molecule has 1 N–H and O–H groups in total. The van der Waals surface area contributed by atoms with E-state index in [1.165, 1.54) is 43.9 Å². The topological polar surface area (TPSA) is 69.7 Å². The number of sulfonamides is 1. The van der Waals surface area contributed by atoms with E-state index in [1.807, 2.05) is 6.07 Å². The van der Waals surface area contributed by atoms with E-state index < -0.39 is 10.0 Å². The van der Waals surface area contributed by atoms with Crippen LogP contribution in [0.5, 0.6) is 0 Å². The number of nitrogens with zero attached hydrogens (tertiary/aromatic N) is 2. The van der Waals surface area contributed by atoms with Crippen LogP contribution in [0.15, 0.2) is 24.3 Å². The normalized spacial score (nSPS) is 35.5. The second-order valence-electron chi connectivity index (χ2n) is 11.8. The average Bonchev–Trinajstić information content (AvgIpc) is 2.77. The highest BCUT2D eigenvalue weighted by Gasteiger charge is 2.49. The van der Waals surface area contributed by atoms with Crippen LogP contribution in [0.1, 0.15) is 56.1 Å². The summed E-state index contributed by atoms with van der Waals surface area (Å²) in [5, 5.41) is 3.45. The van der Waals surface area contributed by atoms with Crippen LogP contribution in [0.2, 0.25) is 0 Å². The van der Waals surface area contributed by atoms with Gasteiger partial charge in [-0.05, 0) is 92.8 Å². The highest BCUT2D eigenvalue weighted by Crippen LogP contribution is 2.53. The van der Waals surface area contributed by atoms with Gasteiger partial charge in [0.1, 0.15) is 0 Å². The quantitative estimate of drug-likeness (QED) is 0.733. The van der Waals surface area contributed by atoms with Gasteiger partial charge < -0.3 is 5.32 Å². The Kier molecular flexibility index (Phi) is 5.39. The van der Waals surface area contributed by atoms with Crippen molar-refractivity contribution >= 4 is 15.9 Å². The number of fused-ring (bicyclic) bond motifs is 2. The SMILES string of the molecule is CS(=O)(=O)N1Cc2ccccc2C2(CCN(CC(=O)NC3C4CC5CC(C4)CC3C5)CC2)C1. The third-order valence-electron chi connectivity index (χ3n) is 9.62. The van der Waals surface area contributed by atoms with Crippen molar-refractivity contribution in [2.75, 3.05) is 32.4 Å². The maximum absolute atomic E-state index is 13.0. The summed E-state index contributed by atoms with van der Waals surface area (Å²) in [7, 11) is -3.25. The van der Waals surface area contributed by atoms with Crippen LogP contribution in [0.3, 0.4) is 0 Å². The number of nitrogens with one attached hydrogen (secondary N) is 1. The van der Waals surface area contributed by atoms with Gasteiger partial charge in [-0.15, -0.1) is 0 Å². The van der Waals surface area contributed by atoms with Crippen LogP contribution in [-0.2, 0) is 26.8 Å². The summed E-state index contributed by atoms with van der Waals surface area (Å²) in [5.41, 5.74) is 2.29. The molecule has 4 bridgehead atoms. The Morgan fingerprint density at radius 2 is 1.67 bits per heavy atom. The highest BCUT2D eigenvalue weighted by molar-refractivity contribution is 7.88. The summed E-state index contributed by atoms with van der Waals surface area (Å²) < 4.78 is 26.4. The first-order chi connectivity index (χ1) is 15.8. The number of likely N-dealkylation sites (tertiary alicyclic amines) is 1. The Labute approximate surface area is 198 Å². The number of hydrogen-bond acceptors (Lipinski definition) is 4. The van der Waals surface area contributed by atoms with Gasteiger partial charge in [0, 0.05) is 24.5 Å². The van der Waals surface area contributed by atoms with E-state index >= 15 is 0 Å². The smallest absolute Gasteiger partial charge is 0.234 e. The van der Waals surface area contributed by atoms with Gasteiger partial charge in [0.2, 0.25) is 15.9 Å². The molecule has 1 aromatic carbocycles. The second kappa shape index (κ2) is 8.06. The van der Waals surface area contributed by atoms with Gasteiger partial charge in [-0.3, -0.25) is 9.69 Å². The van der Waals surface area contributed by atoms with E-state index in [-0.39, 0.29) is 11.3 Å². The number of carbonyl (C=O) groups excluding carboxylic acids is 1. The molecule has 1 spiro atoms. The first kappa shape index (κ1) is 22.1. The highest BCUT2D eigenvalue weighted by atomic mass is 32.2. The van der Waals surface area contributed by atoms with Gasteiger partial charge in [-0.1, -0.05) is 24.3 Å². The van der Waals surface area contributed by atoms with Gasteiger partial charge in [-0.25, -0.2) is 8.42 Å². The maximum atomic E-state index is 13.0. The van der Waals surface area contributed by atoms with Crippen LogP contribution in [0.4, 0.5) is 0 Å². The Morgan fingerprint density at radius 3 is 2.30 bits per heavy atom. The van der Waals surface area contributed by atoms with E-state index in [2.05, 4.69) is 28.4 Å². The fourth-order valence-electron chi connectivity index (χ4n) is 8.24. The van der Waals surface area contributed by atoms with E-state index in [4.69, 9.17) is 0 Å². The molecular formula is C26H37N3O3S. The predicted octanol–water partition coefficient (Wildman–Crippen LogP) is 2.74. The summed E-state index contributed by atoms with van der Waals surface area (Å²) in [6.07, 6.45) is 9.81. The maximum Gasteiger partial charge on any atom is 0.234 e. The molecule has 0 radical (unpaired) electrons. The third-order valence-corrected chi connectivity index (χ3v) is 10.8. The van der Waals surface area contributed by atoms with Gasteiger partial charge >= 0.3 is 0 Å². The molecule has 1 amide bonds. The number of rotatable bonds is 4. The summed E-state index contributed by atoms with van der Waals surface area (Å²) >= 11 is 0. The van der Waals surface area contributed by atoms with Crippen LogP contribution < -0.4 is 5.32 Å².